The van der Waals surface area contributed by atoms with Crippen molar-refractivity contribution in [2.24, 2.45) is 0 Å². The lowest BCUT2D eigenvalue weighted by Crippen LogP contribution is -1.90. The largest absolute Gasteiger partial charge is 0.481 e. The normalized spacial score (nSPS) is 11.0. The van der Waals surface area contributed by atoms with Crippen LogP contribution in [0.15, 0.2) is 24.3 Å². The summed E-state index contributed by atoms with van der Waals surface area (Å²) in [6.07, 6.45) is 3.33. The molecule has 50 valence electrons. The molecular formula is C7H10O2. The molecule has 0 atom stereocenters. The minimum absolute atomic E-state index is 0.0812. The van der Waals surface area contributed by atoms with Crippen LogP contribution in [0.4, 0.5) is 0 Å². The number of allylic oxidation sites excluding steroid dienone is 2. The van der Waals surface area contributed by atoms with E-state index >= 15 is 0 Å². The molecule has 0 aliphatic carbocycles. The fourth-order valence-electron chi connectivity index (χ4n) is 0.332. The minimum Gasteiger partial charge on any atom is -0.481 e. The maximum absolute atomic E-state index is 9.94. The summed E-state index contributed by atoms with van der Waals surface area (Å²) in [6.45, 7) is 5.29. The van der Waals surface area contributed by atoms with Crippen LogP contribution in [0.5, 0.6) is 0 Å². The Kier molecular flexibility index (Phi) is 3.44. The van der Waals surface area contributed by atoms with Gasteiger partial charge >= 0.3 is 5.97 Å². The Bertz CT molecular complexity index is 145. The third-order valence-corrected chi connectivity index (χ3v) is 0.921. The number of rotatable bonds is 3. The smallest absolute Gasteiger partial charge is 0.307 e. The number of carboxylic acid groups (broad SMARTS) is 1. The summed E-state index contributed by atoms with van der Waals surface area (Å²) in [4.78, 5) is 9.94. The Labute approximate surface area is 54.5 Å². The monoisotopic (exact) mass is 126 g/mol. The molecule has 0 saturated carbocycles. The Morgan fingerprint density at radius 1 is 1.78 bits per heavy atom. The molecule has 0 rings (SSSR count). The van der Waals surface area contributed by atoms with Crippen LogP contribution in [0.3, 0.4) is 0 Å². The first-order chi connectivity index (χ1) is 4.16. The second kappa shape index (κ2) is 3.89. The Balaban J connectivity index is 3.69. The molecule has 0 unspecified atom stereocenters. The van der Waals surface area contributed by atoms with Gasteiger partial charge in [0, 0.05) is 0 Å². The van der Waals surface area contributed by atoms with E-state index in [0.717, 1.165) is 5.57 Å². The summed E-state index contributed by atoms with van der Waals surface area (Å²) in [7, 11) is 0. The van der Waals surface area contributed by atoms with E-state index in [1.165, 1.54) is 0 Å². The maximum Gasteiger partial charge on any atom is 0.307 e. The van der Waals surface area contributed by atoms with Gasteiger partial charge in [-0.05, 0) is 6.92 Å². The van der Waals surface area contributed by atoms with Gasteiger partial charge in [0.15, 0.2) is 0 Å². The molecule has 0 aromatic carbocycles. The van der Waals surface area contributed by atoms with E-state index < -0.39 is 5.97 Å². The van der Waals surface area contributed by atoms with Crippen LogP contribution in [0, 0.1) is 0 Å². The molecule has 0 aromatic heterocycles. The fourth-order valence-corrected chi connectivity index (χ4v) is 0.332. The van der Waals surface area contributed by atoms with Gasteiger partial charge in [0.05, 0.1) is 6.42 Å². The first-order valence-electron chi connectivity index (χ1n) is 2.68. The molecule has 0 saturated heterocycles. The lowest BCUT2D eigenvalue weighted by molar-refractivity contribution is -0.136. The van der Waals surface area contributed by atoms with E-state index in [4.69, 9.17) is 5.11 Å². The molecule has 9 heavy (non-hydrogen) atoms. The SMILES string of the molecule is C=CC(C)=CCC(=O)O. The second-order valence-electron chi connectivity index (χ2n) is 1.75. The first-order valence-corrected chi connectivity index (χ1v) is 2.68. The van der Waals surface area contributed by atoms with E-state index in [2.05, 4.69) is 6.58 Å². The zero-order chi connectivity index (χ0) is 7.28. The summed E-state index contributed by atoms with van der Waals surface area (Å²) in [5, 5.41) is 8.18. The zero-order valence-electron chi connectivity index (χ0n) is 5.42. The molecule has 0 fully saturated rings. The van der Waals surface area contributed by atoms with Crippen molar-refractivity contribution in [2.75, 3.05) is 0 Å². The highest BCUT2D eigenvalue weighted by atomic mass is 16.4. The van der Waals surface area contributed by atoms with Crippen molar-refractivity contribution in [3.05, 3.63) is 24.3 Å². The highest BCUT2D eigenvalue weighted by Gasteiger charge is 1.89. The number of hydrogen-bond acceptors (Lipinski definition) is 1. The maximum atomic E-state index is 9.94. The third-order valence-electron chi connectivity index (χ3n) is 0.921. The van der Waals surface area contributed by atoms with E-state index in [1.54, 1.807) is 12.2 Å². The standard InChI is InChI=1S/C7H10O2/c1-3-6(2)4-5-7(8)9/h3-4H,1,5H2,2H3,(H,8,9). The predicted octanol–water partition coefficient (Wildman–Crippen LogP) is 1.59. The molecule has 2 heteroatoms. The number of hydrogen-bond donors (Lipinski definition) is 1. The highest BCUT2D eigenvalue weighted by molar-refractivity contribution is 5.68. The van der Waals surface area contributed by atoms with Crippen LogP contribution in [0.25, 0.3) is 0 Å². The van der Waals surface area contributed by atoms with Crippen LogP contribution in [0.2, 0.25) is 0 Å². The summed E-state index contributed by atoms with van der Waals surface area (Å²) in [5.41, 5.74) is 0.900. The average Bonchev–Trinajstić information content (AvgIpc) is 1.83. The average molecular weight is 126 g/mol. The lowest BCUT2D eigenvalue weighted by Gasteiger charge is -1.86. The van der Waals surface area contributed by atoms with Gasteiger partial charge in [-0.3, -0.25) is 4.79 Å². The van der Waals surface area contributed by atoms with Crippen molar-refractivity contribution < 1.29 is 9.90 Å². The van der Waals surface area contributed by atoms with E-state index in [9.17, 15) is 4.79 Å². The molecule has 0 spiro atoms. The molecule has 0 aromatic rings. The van der Waals surface area contributed by atoms with Gasteiger partial charge in [-0.15, -0.1) is 0 Å². The predicted molar refractivity (Wildman–Crippen MR) is 36.2 cm³/mol. The van der Waals surface area contributed by atoms with Gasteiger partial charge in [-0.25, -0.2) is 0 Å². The summed E-state index contributed by atoms with van der Waals surface area (Å²) in [6, 6.07) is 0. The van der Waals surface area contributed by atoms with Crippen molar-refractivity contribution in [1.29, 1.82) is 0 Å². The van der Waals surface area contributed by atoms with Crippen molar-refractivity contribution in [3.63, 3.8) is 0 Å². The van der Waals surface area contributed by atoms with E-state index in [0.29, 0.717) is 0 Å². The van der Waals surface area contributed by atoms with Crippen molar-refractivity contribution in [1.82, 2.24) is 0 Å². The molecule has 0 bridgehead atoms. The van der Waals surface area contributed by atoms with Gasteiger partial charge in [0.25, 0.3) is 0 Å². The third kappa shape index (κ3) is 4.81. The quantitative estimate of drug-likeness (QED) is 0.583. The topological polar surface area (TPSA) is 37.3 Å². The summed E-state index contributed by atoms with van der Waals surface area (Å²) in [5.74, 6) is -0.809. The van der Waals surface area contributed by atoms with Crippen molar-refractivity contribution in [2.45, 2.75) is 13.3 Å². The van der Waals surface area contributed by atoms with Gasteiger partial charge in [-0.1, -0.05) is 24.3 Å². The molecule has 0 aliphatic heterocycles. The Morgan fingerprint density at radius 3 is 2.67 bits per heavy atom. The molecular weight excluding hydrogens is 116 g/mol. The molecule has 2 nitrogen and oxygen atoms in total. The van der Waals surface area contributed by atoms with E-state index in [1.807, 2.05) is 6.92 Å². The van der Waals surface area contributed by atoms with Gasteiger partial charge in [0.2, 0.25) is 0 Å². The van der Waals surface area contributed by atoms with E-state index in [-0.39, 0.29) is 6.42 Å². The molecule has 1 N–H and O–H groups in total. The molecule has 0 aliphatic rings. The summed E-state index contributed by atoms with van der Waals surface area (Å²) >= 11 is 0. The van der Waals surface area contributed by atoms with Gasteiger partial charge in [0.1, 0.15) is 0 Å². The van der Waals surface area contributed by atoms with Crippen LogP contribution < -0.4 is 0 Å². The Hall–Kier alpha value is -1.05. The first kappa shape index (κ1) is 7.95. The van der Waals surface area contributed by atoms with Crippen molar-refractivity contribution >= 4 is 5.97 Å². The van der Waals surface area contributed by atoms with Crippen LogP contribution >= 0.6 is 0 Å². The van der Waals surface area contributed by atoms with Gasteiger partial charge < -0.3 is 5.11 Å². The molecule has 0 radical (unpaired) electrons. The lowest BCUT2D eigenvalue weighted by atomic mass is 10.2. The number of aliphatic carboxylic acids is 1. The highest BCUT2D eigenvalue weighted by Crippen LogP contribution is 1.94. The van der Waals surface area contributed by atoms with Gasteiger partial charge in [-0.2, -0.15) is 0 Å². The zero-order valence-corrected chi connectivity index (χ0v) is 5.42. The number of carboxylic acids is 1. The number of carbonyl (C=O) groups is 1. The summed E-state index contributed by atoms with van der Waals surface area (Å²) < 4.78 is 0. The molecule has 0 heterocycles. The fraction of sp³-hybridized carbons (Fsp3) is 0.286. The van der Waals surface area contributed by atoms with Crippen molar-refractivity contribution in [3.8, 4) is 0 Å². The van der Waals surface area contributed by atoms with Crippen LogP contribution in [-0.2, 0) is 4.79 Å². The van der Waals surface area contributed by atoms with Crippen LogP contribution in [-0.4, -0.2) is 11.1 Å². The Morgan fingerprint density at radius 2 is 2.33 bits per heavy atom. The second-order valence-corrected chi connectivity index (χ2v) is 1.75. The van der Waals surface area contributed by atoms with Crippen LogP contribution in [0.1, 0.15) is 13.3 Å². The molecule has 0 amide bonds. The minimum atomic E-state index is -0.809.